The standard InChI is InChI=1S/C19H20Cl2N2O4/c1-11-6-12(2)8-14(7-11)10-26-19(25)23-22-18(24)13(3)27-17-5-4-15(20)9-16(17)21/h4-9,13H,10H2,1-3H3,(H,22,24)(H,23,25)/t13-/m0/s1. The minimum absolute atomic E-state index is 0.0939. The van der Waals surface area contributed by atoms with Gasteiger partial charge in [-0.05, 0) is 44.5 Å². The SMILES string of the molecule is Cc1cc(C)cc(COC(=O)NNC(=O)[C@H](C)Oc2ccc(Cl)cc2Cl)c1. The zero-order valence-electron chi connectivity index (χ0n) is 15.1. The fourth-order valence-corrected chi connectivity index (χ4v) is 2.82. The number of rotatable bonds is 5. The molecule has 0 fully saturated rings. The second-order valence-corrected chi connectivity index (χ2v) is 6.86. The number of nitrogens with one attached hydrogen (secondary N) is 2. The van der Waals surface area contributed by atoms with Gasteiger partial charge in [0, 0.05) is 5.02 Å². The first kappa shape index (κ1) is 20.9. The maximum Gasteiger partial charge on any atom is 0.426 e. The molecule has 0 radical (unpaired) electrons. The maximum atomic E-state index is 12.0. The van der Waals surface area contributed by atoms with Crippen LogP contribution in [0.5, 0.6) is 5.75 Å². The number of aryl methyl sites for hydroxylation is 2. The Morgan fingerprint density at radius 2 is 1.70 bits per heavy atom. The molecular formula is C19H20Cl2N2O4. The van der Waals surface area contributed by atoms with E-state index < -0.39 is 18.1 Å². The number of amides is 2. The van der Waals surface area contributed by atoms with Gasteiger partial charge in [-0.25, -0.2) is 10.2 Å². The molecule has 27 heavy (non-hydrogen) atoms. The lowest BCUT2D eigenvalue weighted by Gasteiger charge is -2.16. The molecule has 2 N–H and O–H groups in total. The summed E-state index contributed by atoms with van der Waals surface area (Å²) in [6, 6.07) is 10.5. The summed E-state index contributed by atoms with van der Waals surface area (Å²) in [4.78, 5) is 23.8. The third kappa shape index (κ3) is 6.66. The van der Waals surface area contributed by atoms with Gasteiger partial charge in [-0.15, -0.1) is 0 Å². The number of halogens is 2. The molecule has 0 aliphatic rings. The number of benzene rings is 2. The highest BCUT2D eigenvalue weighted by molar-refractivity contribution is 6.35. The van der Waals surface area contributed by atoms with Crippen LogP contribution in [0.2, 0.25) is 10.0 Å². The van der Waals surface area contributed by atoms with Gasteiger partial charge in [-0.2, -0.15) is 0 Å². The number of ether oxygens (including phenoxy) is 2. The molecule has 2 aromatic rings. The molecule has 0 spiro atoms. The Hall–Kier alpha value is -2.44. The topological polar surface area (TPSA) is 76.7 Å². The van der Waals surface area contributed by atoms with Crippen LogP contribution in [0.3, 0.4) is 0 Å². The van der Waals surface area contributed by atoms with E-state index in [1.165, 1.54) is 13.0 Å². The van der Waals surface area contributed by atoms with Crippen molar-refractivity contribution >= 4 is 35.2 Å². The van der Waals surface area contributed by atoms with Gasteiger partial charge < -0.3 is 9.47 Å². The minimum Gasteiger partial charge on any atom is -0.479 e. The summed E-state index contributed by atoms with van der Waals surface area (Å²) in [5, 5.41) is 0.737. The first-order chi connectivity index (χ1) is 12.7. The fraction of sp³-hybridized carbons (Fsp3) is 0.263. The van der Waals surface area contributed by atoms with E-state index in [0.29, 0.717) is 10.8 Å². The van der Waals surface area contributed by atoms with Crippen molar-refractivity contribution in [2.45, 2.75) is 33.5 Å². The average Bonchev–Trinajstić information content (AvgIpc) is 2.59. The summed E-state index contributed by atoms with van der Waals surface area (Å²) in [6.45, 7) is 5.54. The molecule has 0 aliphatic heterocycles. The van der Waals surface area contributed by atoms with Crippen LogP contribution < -0.4 is 15.6 Å². The van der Waals surface area contributed by atoms with Crippen LogP contribution in [0.1, 0.15) is 23.6 Å². The van der Waals surface area contributed by atoms with Crippen molar-refractivity contribution in [2.75, 3.05) is 0 Å². The normalized spacial score (nSPS) is 11.4. The molecule has 0 saturated carbocycles. The van der Waals surface area contributed by atoms with Crippen LogP contribution in [-0.4, -0.2) is 18.1 Å². The molecular weight excluding hydrogens is 391 g/mol. The Morgan fingerprint density at radius 1 is 1.04 bits per heavy atom. The van der Waals surface area contributed by atoms with Crippen LogP contribution in [0.15, 0.2) is 36.4 Å². The number of hydrazine groups is 1. The van der Waals surface area contributed by atoms with E-state index in [9.17, 15) is 9.59 Å². The predicted molar refractivity (Wildman–Crippen MR) is 104 cm³/mol. The Bertz CT molecular complexity index is 822. The average molecular weight is 411 g/mol. The minimum atomic E-state index is -0.900. The second-order valence-electron chi connectivity index (χ2n) is 6.02. The van der Waals surface area contributed by atoms with Gasteiger partial charge in [0.15, 0.2) is 6.10 Å². The van der Waals surface area contributed by atoms with Crippen molar-refractivity contribution in [3.63, 3.8) is 0 Å². The third-order valence-electron chi connectivity index (χ3n) is 3.51. The van der Waals surface area contributed by atoms with Gasteiger partial charge in [0.2, 0.25) is 0 Å². The zero-order chi connectivity index (χ0) is 20.0. The lowest BCUT2D eigenvalue weighted by Crippen LogP contribution is -2.47. The quantitative estimate of drug-likeness (QED) is 0.718. The molecule has 1 atom stereocenters. The van der Waals surface area contributed by atoms with Gasteiger partial charge in [0.25, 0.3) is 5.91 Å². The maximum absolute atomic E-state index is 12.0. The summed E-state index contributed by atoms with van der Waals surface area (Å²) in [5.41, 5.74) is 7.43. The number of carbonyl (C=O) groups is 2. The molecule has 0 aliphatic carbocycles. The molecule has 0 unspecified atom stereocenters. The van der Waals surface area contributed by atoms with Crippen molar-refractivity contribution in [1.29, 1.82) is 0 Å². The number of hydrogen-bond donors (Lipinski definition) is 2. The highest BCUT2D eigenvalue weighted by Crippen LogP contribution is 2.28. The summed E-state index contributed by atoms with van der Waals surface area (Å²) in [7, 11) is 0. The zero-order valence-corrected chi connectivity index (χ0v) is 16.6. The van der Waals surface area contributed by atoms with Crippen molar-refractivity contribution in [3.8, 4) is 5.75 Å². The van der Waals surface area contributed by atoms with Gasteiger partial charge in [0.05, 0.1) is 5.02 Å². The fourth-order valence-electron chi connectivity index (χ4n) is 2.37. The van der Waals surface area contributed by atoms with E-state index in [1.807, 2.05) is 32.0 Å². The molecule has 0 aromatic heterocycles. The molecule has 6 nitrogen and oxygen atoms in total. The van der Waals surface area contributed by atoms with Crippen LogP contribution in [-0.2, 0) is 16.1 Å². The van der Waals surface area contributed by atoms with Gasteiger partial charge in [-0.3, -0.25) is 10.2 Å². The molecule has 2 aromatic carbocycles. The lowest BCUT2D eigenvalue weighted by molar-refractivity contribution is -0.128. The Morgan fingerprint density at radius 3 is 2.33 bits per heavy atom. The first-order valence-corrected chi connectivity index (χ1v) is 8.91. The van der Waals surface area contributed by atoms with E-state index in [4.69, 9.17) is 32.7 Å². The highest BCUT2D eigenvalue weighted by atomic mass is 35.5. The second kappa shape index (κ2) is 9.48. The molecule has 144 valence electrons. The molecule has 0 bridgehead atoms. The smallest absolute Gasteiger partial charge is 0.426 e. The predicted octanol–water partition coefficient (Wildman–Crippen LogP) is 4.34. The van der Waals surface area contributed by atoms with E-state index in [-0.39, 0.29) is 11.6 Å². The van der Waals surface area contributed by atoms with Crippen molar-refractivity contribution in [3.05, 3.63) is 63.1 Å². The van der Waals surface area contributed by atoms with Gasteiger partial charge in [-0.1, -0.05) is 52.5 Å². The van der Waals surface area contributed by atoms with Crippen LogP contribution >= 0.6 is 23.2 Å². The van der Waals surface area contributed by atoms with Crippen molar-refractivity contribution < 1.29 is 19.1 Å². The lowest BCUT2D eigenvalue weighted by atomic mass is 10.1. The molecule has 2 rings (SSSR count). The summed E-state index contributed by atoms with van der Waals surface area (Å²) in [5.74, 6) is -0.259. The molecule has 0 heterocycles. The molecule has 8 heteroatoms. The van der Waals surface area contributed by atoms with Crippen LogP contribution in [0, 0.1) is 13.8 Å². The highest BCUT2D eigenvalue weighted by Gasteiger charge is 2.17. The van der Waals surface area contributed by atoms with Crippen LogP contribution in [0.25, 0.3) is 0 Å². The van der Waals surface area contributed by atoms with Gasteiger partial charge >= 0.3 is 6.09 Å². The van der Waals surface area contributed by atoms with E-state index in [1.54, 1.807) is 12.1 Å². The summed E-state index contributed by atoms with van der Waals surface area (Å²) in [6.07, 6.45) is -1.68. The Labute approximate surface area is 167 Å². The Kier molecular flexibility index (Phi) is 7.33. The monoisotopic (exact) mass is 410 g/mol. The van der Waals surface area contributed by atoms with Crippen LogP contribution in [0.4, 0.5) is 4.79 Å². The van der Waals surface area contributed by atoms with Crippen molar-refractivity contribution in [1.82, 2.24) is 10.9 Å². The van der Waals surface area contributed by atoms with E-state index in [0.717, 1.165) is 16.7 Å². The van der Waals surface area contributed by atoms with E-state index >= 15 is 0 Å². The Balaban J connectivity index is 1.79. The third-order valence-corrected chi connectivity index (χ3v) is 4.04. The number of carbonyl (C=O) groups excluding carboxylic acids is 2. The largest absolute Gasteiger partial charge is 0.479 e. The van der Waals surface area contributed by atoms with E-state index in [2.05, 4.69) is 10.9 Å². The van der Waals surface area contributed by atoms with Gasteiger partial charge in [0.1, 0.15) is 12.4 Å². The number of hydrogen-bond acceptors (Lipinski definition) is 4. The summed E-state index contributed by atoms with van der Waals surface area (Å²) >= 11 is 11.8. The summed E-state index contributed by atoms with van der Waals surface area (Å²) < 4.78 is 10.5. The molecule has 2 amide bonds. The molecule has 0 saturated heterocycles. The van der Waals surface area contributed by atoms with Crippen molar-refractivity contribution in [2.24, 2.45) is 0 Å². The first-order valence-electron chi connectivity index (χ1n) is 8.16.